The molecule has 4 rings (SSSR count). The van der Waals surface area contributed by atoms with Crippen LogP contribution < -0.4 is 14.4 Å². The van der Waals surface area contributed by atoms with E-state index in [0.717, 1.165) is 22.6 Å². The number of aromatic nitrogens is 1. The number of hydrogen-bond acceptors (Lipinski definition) is 6. The second-order valence-electron chi connectivity index (χ2n) is 7.75. The third kappa shape index (κ3) is 4.39. The number of benzene rings is 2. The van der Waals surface area contributed by atoms with Crippen molar-refractivity contribution in [3.05, 3.63) is 60.0 Å². The van der Waals surface area contributed by atoms with Crippen molar-refractivity contribution in [1.82, 2.24) is 9.71 Å². The molecule has 0 fully saturated rings. The first kappa shape index (κ1) is 22.0. The molecule has 8 nitrogen and oxygen atoms in total. The first-order valence-electron chi connectivity index (χ1n) is 10.3. The Morgan fingerprint density at radius 1 is 1.25 bits per heavy atom. The molecule has 168 valence electrons. The van der Waals surface area contributed by atoms with Gasteiger partial charge in [-0.25, -0.2) is 18.1 Å². The molecule has 0 spiro atoms. The fraction of sp³-hybridized carbons (Fsp3) is 0.304. The minimum Gasteiger partial charge on any atom is -0.497 e. The Hall–Kier alpha value is -3.17. The normalized spacial score (nSPS) is 15.6. The number of oxazole rings is 1. The number of nitrogens with zero attached hydrogens (tertiary/aromatic N) is 2. The van der Waals surface area contributed by atoms with Crippen LogP contribution >= 0.6 is 0 Å². The summed E-state index contributed by atoms with van der Waals surface area (Å²) in [5, 5.41) is 0. The van der Waals surface area contributed by atoms with Gasteiger partial charge in [0.2, 0.25) is 21.8 Å². The molecule has 32 heavy (non-hydrogen) atoms. The number of fused-ring (bicyclic) bond motifs is 1. The highest BCUT2D eigenvalue weighted by molar-refractivity contribution is 7.89. The van der Waals surface area contributed by atoms with E-state index in [4.69, 9.17) is 9.15 Å². The van der Waals surface area contributed by atoms with E-state index in [-0.39, 0.29) is 23.4 Å². The quantitative estimate of drug-likeness (QED) is 0.587. The lowest BCUT2D eigenvalue weighted by atomic mass is 10.1. The van der Waals surface area contributed by atoms with Crippen LogP contribution in [0.3, 0.4) is 0 Å². The van der Waals surface area contributed by atoms with Crippen LogP contribution in [0.5, 0.6) is 5.75 Å². The van der Waals surface area contributed by atoms with Crippen molar-refractivity contribution in [2.75, 3.05) is 18.6 Å². The fourth-order valence-electron chi connectivity index (χ4n) is 3.94. The zero-order chi connectivity index (χ0) is 22.9. The maximum Gasteiger partial charge on any atom is 0.240 e. The average Bonchev–Trinajstić information content (AvgIpc) is 3.36. The SMILES string of the molecule is COc1ccc(-c2nc(CCNS(=O)(=O)c3ccc4c(c3)CC(C)N4C(C)=O)co2)cc1. The smallest absolute Gasteiger partial charge is 0.240 e. The van der Waals surface area contributed by atoms with Crippen LogP contribution in [-0.4, -0.2) is 39.0 Å². The number of rotatable bonds is 7. The lowest BCUT2D eigenvalue weighted by molar-refractivity contribution is -0.116. The highest BCUT2D eigenvalue weighted by Crippen LogP contribution is 2.33. The summed E-state index contributed by atoms with van der Waals surface area (Å²) in [7, 11) is -2.09. The van der Waals surface area contributed by atoms with E-state index < -0.39 is 10.0 Å². The Kier molecular flexibility index (Phi) is 6.03. The van der Waals surface area contributed by atoms with Gasteiger partial charge in [-0.05, 0) is 61.4 Å². The van der Waals surface area contributed by atoms with Gasteiger partial charge in [0, 0.05) is 37.2 Å². The molecule has 1 aliphatic heterocycles. The Balaban J connectivity index is 1.40. The zero-order valence-electron chi connectivity index (χ0n) is 18.2. The lowest BCUT2D eigenvalue weighted by Crippen LogP contribution is -2.33. The summed E-state index contributed by atoms with van der Waals surface area (Å²) in [5.74, 6) is 1.16. The third-order valence-electron chi connectivity index (χ3n) is 5.48. The Morgan fingerprint density at radius 2 is 2.00 bits per heavy atom. The molecular formula is C23H25N3O5S. The molecule has 2 aromatic carbocycles. The largest absolute Gasteiger partial charge is 0.497 e. The number of amides is 1. The Bertz CT molecular complexity index is 1230. The minimum atomic E-state index is -3.69. The molecule has 0 saturated carbocycles. The van der Waals surface area contributed by atoms with Gasteiger partial charge in [0.25, 0.3) is 0 Å². The summed E-state index contributed by atoms with van der Waals surface area (Å²) in [5.41, 5.74) is 3.09. The van der Waals surface area contributed by atoms with Crippen LogP contribution in [0.15, 0.2) is 58.0 Å². The van der Waals surface area contributed by atoms with E-state index in [1.165, 1.54) is 19.3 Å². The molecule has 0 bridgehead atoms. The molecule has 0 radical (unpaired) electrons. The summed E-state index contributed by atoms with van der Waals surface area (Å²) in [6, 6.07) is 12.2. The van der Waals surface area contributed by atoms with Crippen molar-refractivity contribution in [2.24, 2.45) is 0 Å². The number of sulfonamides is 1. The van der Waals surface area contributed by atoms with Gasteiger partial charge in [-0.2, -0.15) is 0 Å². The maximum absolute atomic E-state index is 12.8. The molecule has 3 aromatic rings. The van der Waals surface area contributed by atoms with Crippen LogP contribution in [0.25, 0.3) is 11.5 Å². The van der Waals surface area contributed by atoms with Crippen LogP contribution in [0.2, 0.25) is 0 Å². The first-order valence-corrected chi connectivity index (χ1v) is 11.8. The molecule has 1 N–H and O–H groups in total. The van der Waals surface area contributed by atoms with Crippen LogP contribution in [0.1, 0.15) is 25.1 Å². The molecule has 0 saturated heterocycles. The number of methoxy groups -OCH3 is 1. The van der Waals surface area contributed by atoms with Crippen LogP contribution in [0.4, 0.5) is 5.69 Å². The predicted molar refractivity (Wildman–Crippen MR) is 120 cm³/mol. The van der Waals surface area contributed by atoms with E-state index in [1.54, 1.807) is 24.1 Å². The second kappa shape index (κ2) is 8.76. The van der Waals surface area contributed by atoms with Gasteiger partial charge in [-0.3, -0.25) is 4.79 Å². The van der Waals surface area contributed by atoms with Gasteiger partial charge in [-0.1, -0.05) is 0 Å². The summed E-state index contributed by atoms with van der Waals surface area (Å²) >= 11 is 0. The Morgan fingerprint density at radius 3 is 2.69 bits per heavy atom. The van der Waals surface area contributed by atoms with Crippen molar-refractivity contribution in [1.29, 1.82) is 0 Å². The third-order valence-corrected chi connectivity index (χ3v) is 6.94. The molecule has 1 unspecified atom stereocenters. The monoisotopic (exact) mass is 455 g/mol. The second-order valence-corrected chi connectivity index (χ2v) is 9.52. The van der Waals surface area contributed by atoms with Crippen molar-refractivity contribution < 1.29 is 22.4 Å². The number of hydrogen-bond donors (Lipinski definition) is 1. The molecule has 0 aliphatic carbocycles. The van der Waals surface area contributed by atoms with E-state index in [9.17, 15) is 13.2 Å². The van der Waals surface area contributed by atoms with Gasteiger partial charge in [-0.15, -0.1) is 0 Å². The highest BCUT2D eigenvalue weighted by Gasteiger charge is 2.30. The van der Waals surface area contributed by atoms with Crippen molar-refractivity contribution in [3.8, 4) is 17.2 Å². The van der Waals surface area contributed by atoms with Gasteiger partial charge >= 0.3 is 0 Å². The van der Waals surface area contributed by atoms with Crippen molar-refractivity contribution in [2.45, 2.75) is 37.6 Å². The first-order chi connectivity index (χ1) is 15.3. The maximum atomic E-state index is 12.8. The summed E-state index contributed by atoms with van der Waals surface area (Å²) in [6.45, 7) is 3.65. The predicted octanol–water partition coefficient (Wildman–Crippen LogP) is 3.17. The van der Waals surface area contributed by atoms with Crippen molar-refractivity contribution >= 4 is 21.6 Å². The number of carbonyl (C=O) groups is 1. The number of nitrogens with one attached hydrogen (secondary N) is 1. The topological polar surface area (TPSA) is 102 Å². The molecule has 9 heteroatoms. The van der Waals surface area contributed by atoms with Gasteiger partial charge in [0.05, 0.1) is 17.7 Å². The molecule has 1 aliphatic rings. The molecule has 1 amide bonds. The summed E-state index contributed by atoms with van der Waals surface area (Å²) in [6.07, 6.45) is 2.55. The van der Waals surface area contributed by atoms with E-state index in [0.29, 0.717) is 24.4 Å². The van der Waals surface area contributed by atoms with E-state index >= 15 is 0 Å². The fourth-order valence-corrected chi connectivity index (χ4v) is 5.02. The standard InChI is InChI=1S/C23H25N3O5S/c1-15-12-18-13-21(8-9-22(18)26(15)16(2)27)32(28,29)24-11-10-19-14-31-23(25-19)17-4-6-20(30-3)7-5-17/h4-9,13-15,24H,10-12H2,1-3H3. The molecule has 1 aromatic heterocycles. The highest BCUT2D eigenvalue weighted by atomic mass is 32.2. The molecular weight excluding hydrogens is 430 g/mol. The lowest BCUT2D eigenvalue weighted by Gasteiger charge is -2.20. The van der Waals surface area contributed by atoms with Gasteiger partial charge < -0.3 is 14.1 Å². The number of ether oxygens (including phenoxy) is 1. The van der Waals surface area contributed by atoms with Crippen LogP contribution in [0, 0.1) is 0 Å². The summed E-state index contributed by atoms with van der Waals surface area (Å²) < 4.78 is 38.8. The van der Waals surface area contributed by atoms with Gasteiger partial charge in [0.15, 0.2) is 0 Å². The molecule has 1 atom stereocenters. The van der Waals surface area contributed by atoms with E-state index in [1.807, 2.05) is 31.2 Å². The average molecular weight is 456 g/mol. The number of carbonyl (C=O) groups excluding carboxylic acids is 1. The summed E-state index contributed by atoms with van der Waals surface area (Å²) in [4.78, 5) is 18.2. The van der Waals surface area contributed by atoms with Gasteiger partial charge in [0.1, 0.15) is 12.0 Å². The van der Waals surface area contributed by atoms with E-state index in [2.05, 4.69) is 9.71 Å². The Labute approximate surface area is 187 Å². The minimum absolute atomic E-state index is 0.0143. The van der Waals surface area contributed by atoms with Crippen LogP contribution in [-0.2, 0) is 27.7 Å². The molecule has 2 heterocycles. The number of anilines is 1. The zero-order valence-corrected chi connectivity index (χ0v) is 19.0. The van der Waals surface area contributed by atoms with Crippen molar-refractivity contribution in [3.63, 3.8) is 0 Å².